The second kappa shape index (κ2) is 7.09. The standard InChI is InChI=1S/C12H21N3O5/c1-3-14(4-2)10(17)6-13-12(20)15-7-8(16)5-9(15)11(18)19/h8-9,16H,3-7H2,1-2H3,(H,13,20)(H,18,19)/t8-,9-/m0/s1. The molecule has 1 rings (SSSR count). The number of nitrogens with one attached hydrogen (secondary N) is 1. The van der Waals surface area contributed by atoms with Gasteiger partial charge in [0.05, 0.1) is 12.6 Å². The molecule has 0 aromatic rings. The number of urea groups is 1. The summed E-state index contributed by atoms with van der Waals surface area (Å²) in [4.78, 5) is 37.2. The fraction of sp³-hybridized carbons (Fsp3) is 0.750. The van der Waals surface area contributed by atoms with Gasteiger partial charge in [0.2, 0.25) is 5.91 Å². The Morgan fingerprint density at radius 3 is 2.40 bits per heavy atom. The molecule has 1 heterocycles. The zero-order valence-corrected chi connectivity index (χ0v) is 11.7. The van der Waals surface area contributed by atoms with Crippen LogP contribution in [-0.4, -0.2) is 76.2 Å². The van der Waals surface area contributed by atoms with Crippen LogP contribution in [0.2, 0.25) is 0 Å². The van der Waals surface area contributed by atoms with Crippen LogP contribution in [0.25, 0.3) is 0 Å². The highest BCUT2D eigenvalue weighted by Gasteiger charge is 2.39. The van der Waals surface area contributed by atoms with E-state index in [0.29, 0.717) is 13.1 Å². The van der Waals surface area contributed by atoms with E-state index in [-0.39, 0.29) is 25.4 Å². The van der Waals surface area contributed by atoms with E-state index in [4.69, 9.17) is 5.11 Å². The highest BCUT2D eigenvalue weighted by Crippen LogP contribution is 2.17. The number of nitrogens with zero attached hydrogens (tertiary/aromatic N) is 2. The predicted molar refractivity (Wildman–Crippen MR) is 70.1 cm³/mol. The Bertz CT molecular complexity index is 383. The average molecular weight is 287 g/mol. The molecule has 3 amide bonds. The third-order valence-corrected chi connectivity index (χ3v) is 3.33. The molecule has 1 fully saturated rings. The summed E-state index contributed by atoms with van der Waals surface area (Å²) in [5.74, 6) is -1.39. The molecular weight excluding hydrogens is 266 g/mol. The highest BCUT2D eigenvalue weighted by atomic mass is 16.4. The first-order valence-electron chi connectivity index (χ1n) is 6.63. The van der Waals surface area contributed by atoms with Crippen molar-refractivity contribution in [1.82, 2.24) is 15.1 Å². The first kappa shape index (κ1) is 16.2. The number of carboxylic acid groups (broad SMARTS) is 1. The predicted octanol–water partition coefficient (Wildman–Crippen LogP) is -0.916. The van der Waals surface area contributed by atoms with Crippen LogP contribution >= 0.6 is 0 Å². The second-order valence-electron chi connectivity index (χ2n) is 4.62. The maximum atomic E-state index is 11.9. The van der Waals surface area contributed by atoms with Crippen molar-refractivity contribution in [2.75, 3.05) is 26.2 Å². The summed E-state index contributed by atoms with van der Waals surface area (Å²) in [7, 11) is 0. The maximum absolute atomic E-state index is 11.9. The number of hydrogen-bond donors (Lipinski definition) is 3. The van der Waals surface area contributed by atoms with E-state index < -0.39 is 24.1 Å². The molecule has 8 heteroatoms. The van der Waals surface area contributed by atoms with Crippen LogP contribution in [-0.2, 0) is 9.59 Å². The third-order valence-electron chi connectivity index (χ3n) is 3.33. The molecular formula is C12H21N3O5. The van der Waals surface area contributed by atoms with Crippen molar-refractivity contribution < 1.29 is 24.6 Å². The molecule has 0 radical (unpaired) electrons. The molecule has 0 aromatic carbocycles. The van der Waals surface area contributed by atoms with Crippen molar-refractivity contribution in [2.24, 2.45) is 0 Å². The van der Waals surface area contributed by atoms with E-state index in [1.165, 1.54) is 0 Å². The van der Waals surface area contributed by atoms with Crippen LogP contribution in [0.5, 0.6) is 0 Å². The number of likely N-dealkylation sites (tertiary alicyclic amines) is 1. The molecule has 1 aliphatic rings. The lowest BCUT2D eigenvalue weighted by Gasteiger charge is -2.23. The van der Waals surface area contributed by atoms with E-state index in [1.54, 1.807) is 4.90 Å². The van der Waals surface area contributed by atoms with E-state index in [0.717, 1.165) is 4.90 Å². The smallest absolute Gasteiger partial charge is 0.326 e. The third kappa shape index (κ3) is 3.83. The van der Waals surface area contributed by atoms with Crippen molar-refractivity contribution in [3.05, 3.63) is 0 Å². The van der Waals surface area contributed by atoms with Crippen molar-refractivity contribution in [3.63, 3.8) is 0 Å². The molecule has 0 saturated carbocycles. The van der Waals surface area contributed by atoms with Crippen LogP contribution in [0.4, 0.5) is 4.79 Å². The molecule has 0 aromatic heterocycles. The first-order chi connectivity index (χ1) is 9.40. The van der Waals surface area contributed by atoms with Crippen LogP contribution in [0.3, 0.4) is 0 Å². The summed E-state index contributed by atoms with van der Waals surface area (Å²) in [5, 5.41) is 20.8. The van der Waals surface area contributed by atoms with Gasteiger partial charge in [-0.2, -0.15) is 0 Å². The van der Waals surface area contributed by atoms with Crippen molar-refractivity contribution in [2.45, 2.75) is 32.4 Å². The van der Waals surface area contributed by atoms with Gasteiger partial charge in [-0.25, -0.2) is 9.59 Å². The number of aliphatic hydroxyl groups excluding tert-OH is 1. The number of aliphatic carboxylic acids is 1. The molecule has 0 unspecified atom stereocenters. The lowest BCUT2D eigenvalue weighted by Crippen LogP contribution is -2.49. The van der Waals surface area contributed by atoms with Gasteiger partial charge in [0.1, 0.15) is 6.04 Å². The molecule has 0 spiro atoms. The Kier molecular flexibility index (Phi) is 5.75. The number of carboxylic acids is 1. The van der Waals surface area contributed by atoms with Crippen molar-refractivity contribution in [1.29, 1.82) is 0 Å². The average Bonchev–Trinajstić information content (AvgIpc) is 2.79. The quantitative estimate of drug-likeness (QED) is 0.606. The molecule has 20 heavy (non-hydrogen) atoms. The lowest BCUT2D eigenvalue weighted by atomic mass is 10.2. The van der Waals surface area contributed by atoms with Gasteiger partial charge in [-0.3, -0.25) is 4.79 Å². The summed E-state index contributed by atoms with van der Waals surface area (Å²) < 4.78 is 0. The maximum Gasteiger partial charge on any atom is 0.326 e. The van der Waals surface area contributed by atoms with Crippen LogP contribution < -0.4 is 5.32 Å². The van der Waals surface area contributed by atoms with Crippen molar-refractivity contribution >= 4 is 17.9 Å². The molecule has 3 N–H and O–H groups in total. The zero-order valence-electron chi connectivity index (χ0n) is 11.7. The van der Waals surface area contributed by atoms with Gasteiger partial charge in [-0.05, 0) is 13.8 Å². The van der Waals surface area contributed by atoms with E-state index in [9.17, 15) is 19.5 Å². The highest BCUT2D eigenvalue weighted by molar-refractivity contribution is 5.87. The minimum atomic E-state index is -1.16. The van der Waals surface area contributed by atoms with Gasteiger partial charge in [-0.1, -0.05) is 0 Å². The van der Waals surface area contributed by atoms with E-state index in [1.807, 2.05) is 13.8 Å². The van der Waals surface area contributed by atoms with Crippen LogP contribution in [0, 0.1) is 0 Å². The van der Waals surface area contributed by atoms with E-state index >= 15 is 0 Å². The number of hydrogen-bond acceptors (Lipinski definition) is 4. The lowest BCUT2D eigenvalue weighted by molar-refractivity contribution is -0.141. The molecule has 8 nitrogen and oxygen atoms in total. The Labute approximate surface area is 117 Å². The molecule has 0 bridgehead atoms. The summed E-state index contributed by atoms with van der Waals surface area (Å²) in [6.07, 6.45) is -0.840. The number of carbonyl (C=O) groups excluding carboxylic acids is 2. The van der Waals surface area contributed by atoms with Gasteiger partial charge in [0.15, 0.2) is 0 Å². The number of carbonyl (C=O) groups is 3. The Morgan fingerprint density at radius 1 is 1.30 bits per heavy atom. The Balaban J connectivity index is 2.54. The summed E-state index contributed by atoms with van der Waals surface area (Å²) in [6, 6.07) is -1.69. The molecule has 0 aliphatic carbocycles. The molecule has 2 atom stereocenters. The summed E-state index contributed by atoms with van der Waals surface area (Å²) >= 11 is 0. The Hall–Kier alpha value is -1.83. The summed E-state index contributed by atoms with van der Waals surface area (Å²) in [5.41, 5.74) is 0. The minimum Gasteiger partial charge on any atom is -0.480 e. The molecule has 1 saturated heterocycles. The van der Waals surface area contributed by atoms with E-state index in [2.05, 4.69) is 5.32 Å². The number of aliphatic hydroxyl groups is 1. The largest absolute Gasteiger partial charge is 0.480 e. The van der Waals surface area contributed by atoms with Gasteiger partial charge in [-0.15, -0.1) is 0 Å². The number of rotatable bonds is 5. The number of likely N-dealkylation sites (N-methyl/N-ethyl adjacent to an activating group) is 1. The molecule has 1 aliphatic heterocycles. The normalized spacial score (nSPS) is 21.6. The van der Waals surface area contributed by atoms with Gasteiger partial charge >= 0.3 is 12.0 Å². The SMILES string of the molecule is CCN(CC)C(=O)CNC(=O)N1C[C@@H](O)C[C@H]1C(=O)O. The molecule has 114 valence electrons. The van der Waals surface area contributed by atoms with Gasteiger partial charge in [0, 0.05) is 26.1 Å². The van der Waals surface area contributed by atoms with Crippen LogP contribution in [0.15, 0.2) is 0 Å². The van der Waals surface area contributed by atoms with Gasteiger partial charge in [0.25, 0.3) is 0 Å². The minimum absolute atomic E-state index is 0.00669. The second-order valence-corrected chi connectivity index (χ2v) is 4.62. The number of β-amino-alcohol motifs (C(OH)–C–C–N with tert-alkyl or cyclic N) is 1. The topological polar surface area (TPSA) is 110 Å². The Morgan fingerprint density at radius 2 is 1.90 bits per heavy atom. The van der Waals surface area contributed by atoms with Crippen LogP contribution in [0.1, 0.15) is 20.3 Å². The van der Waals surface area contributed by atoms with Gasteiger partial charge < -0.3 is 25.3 Å². The fourth-order valence-electron chi connectivity index (χ4n) is 2.21. The summed E-state index contributed by atoms with van der Waals surface area (Å²) in [6.45, 7) is 4.54. The first-order valence-corrected chi connectivity index (χ1v) is 6.63. The van der Waals surface area contributed by atoms with Crippen molar-refractivity contribution in [3.8, 4) is 0 Å². The number of amides is 3. The fourth-order valence-corrected chi connectivity index (χ4v) is 2.21. The monoisotopic (exact) mass is 287 g/mol. The zero-order chi connectivity index (χ0) is 15.3.